The van der Waals surface area contributed by atoms with Gasteiger partial charge in [0.25, 0.3) is 0 Å². The number of para-hydroxylation sites is 3. The summed E-state index contributed by atoms with van der Waals surface area (Å²) in [6.07, 6.45) is 0. The molecule has 0 radical (unpaired) electrons. The van der Waals surface area contributed by atoms with E-state index in [1.165, 1.54) is 0 Å². The van der Waals surface area contributed by atoms with Crippen LogP contribution in [0.4, 0.5) is 5.69 Å². The molecule has 19 heavy (non-hydrogen) atoms. The average Bonchev–Trinajstić information content (AvgIpc) is 2.42. The van der Waals surface area contributed by atoms with Gasteiger partial charge in [-0.3, -0.25) is 4.72 Å². The van der Waals surface area contributed by atoms with E-state index in [1.807, 2.05) is 18.2 Å². The third-order valence-corrected chi connectivity index (χ3v) is 4.89. The van der Waals surface area contributed by atoms with Gasteiger partial charge in [-0.2, -0.15) is 0 Å². The zero-order valence-electron chi connectivity index (χ0n) is 9.91. The first-order chi connectivity index (χ1) is 9.11. The van der Waals surface area contributed by atoms with Crippen LogP contribution in [0.1, 0.15) is 0 Å². The lowest BCUT2D eigenvalue weighted by molar-refractivity contribution is 0.485. The molecule has 0 aromatic heterocycles. The van der Waals surface area contributed by atoms with E-state index in [0.29, 0.717) is 17.2 Å². The van der Waals surface area contributed by atoms with Gasteiger partial charge < -0.3 is 4.74 Å². The zero-order chi connectivity index (χ0) is 13.7. The molecule has 2 aromatic rings. The van der Waals surface area contributed by atoms with Gasteiger partial charge in [-0.15, -0.1) is 0 Å². The lowest BCUT2D eigenvalue weighted by atomic mass is 10.3. The van der Waals surface area contributed by atoms with Gasteiger partial charge >= 0.3 is 0 Å². The maximum absolute atomic E-state index is 11.6. The van der Waals surface area contributed by atoms with Crippen molar-refractivity contribution in [3.8, 4) is 11.5 Å². The standard InChI is InChI=1S/C13H12BrNO3S/c14-10-19(16,17)15-12-8-4-5-9-13(12)18-11-6-2-1-3-7-11/h1-9,15H,10H2. The number of hydrogen-bond donors (Lipinski definition) is 1. The van der Waals surface area contributed by atoms with Crippen molar-refractivity contribution >= 4 is 31.6 Å². The first-order valence-electron chi connectivity index (χ1n) is 5.49. The summed E-state index contributed by atoms with van der Waals surface area (Å²) in [6.45, 7) is 0. The molecule has 1 N–H and O–H groups in total. The predicted octanol–water partition coefficient (Wildman–Crippen LogP) is 3.57. The van der Waals surface area contributed by atoms with Crippen molar-refractivity contribution in [3.05, 3.63) is 54.6 Å². The Kier molecular flexibility index (Phi) is 4.44. The summed E-state index contributed by atoms with van der Waals surface area (Å²) in [5.41, 5.74) is 0.408. The third-order valence-electron chi connectivity index (χ3n) is 2.27. The molecular weight excluding hydrogens is 330 g/mol. The van der Waals surface area contributed by atoms with Crippen LogP contribution in [0, 0.1) is 0 Å². The van der Waals surface area contributed by atoms with Gasteiger partial charge in [-0.1, -0.05) is 46.3 Å². The summed E-state index contributed by atoms with van der Waals surface area (Å²) in [4.78, 5) is 0. The Morgan fingerprint density at radius 3 is 2.32 bits per heavy atom. The van der Waals surface area contributed by atoms with Crippen molar-refractivity contribution in [3.63, 3.8) is 0 Å². The highest BCUT2D eigenvalue weighted by atomic mass is 79.9. The maximum Gasteiger partial charge on any atom is 0.242 e. The molecule has 2 aromatic carbocycles. The predicted molar refractivity (Wildman–Crippen MR) is 79.3 cm³/mol. The number of nitrogens with one attached hydrogen (secondary N) is 1. The number of hydrogen-bond acceptors (Lipinski definition) is 3. The van der Waals surface area contributed by atoms with Gasteiger partial charge in [-0.05, 0) is 24.3 Å². The fraction of sp³-hybridized carbons (Fsp3) is 0.0769. The van der Waals surface area contributed by atoms with E-state index in [0.717, 1.165) is 0 Å². The van der Waals surface area contributed by atoms with Crippen molar-refractivity contribution in [2.75, 3.05) is 9.38 Å². The van der Waals surface area contributed by atoms with Gasteiger partial charge in [0.05, 0.1) is 5.69 Å². The molecule has 0 fully saturated rings. The molecule has 100 valence electrons. The van der Waals surface area contributed by atoms with E-state index < -0.39 is 10.0 Å². The van der Waals surface area contributed by atoms with Gasteiger partial charge in [0.15, 0.2) is 5.75 Å². The van der Waals surface area contributed by atoms with Crippen molar-refractivity contribution in [1.82, 2.24) is 0 Å². The Labute approximate surface area is 120 Å². The molecule has 0 amide bonds. The van der Waals surface area contributed by atoms with Crippen LogP contribution in [0.5, 0.6) is 11.5 Å². The zero-order valence-corrected chi connectivity index (χ0v) is 12.3. The van der Waals surface area contributed by atoms with E-state index in [1.54, 1.807) is 36.4 Å². The number of sulfonamides is 1. The summed E-state index contributed by atoms with van der Waals surface area (Å²) in [6, 6.07) is 16.1. The lowest BCUT2D eigenvalue weighted by Gasteiger charge is -2.12. The Morgan fingerprint density at radius 1 is 1.00 bits per heavy atom. The van der Waals surface area contributed by atoms with Crippen molar-refractivity contribution in [2.45, 2.75) is 0 Å². The van der Waals surface area contributed by atoms with Crippen LogP contribution in [0.15, 0.2) is 54.6 Å². The van der Waals surface area contributed by atoms with Gasteiger partial charge in [0, 0.05) is 0 Å². The molecule has 0 unspecified atom stereocenters. The number of rotatable bonds is 5. The first kappa shape index (κ1) is 13.9. The number of ether oxygens (including phenoxy) is 1. The van der Waals surface area contributed by atoms with Crippen LogP contribution in [0.2, 0.25) is 0 Å². The fourth-order valence-electron chi connectivity index (χ4n) is 1.45. The summed E-state index contributed by atoms with van der Waals surface area (Å²) in [5.74, 6) is 1.10. The lowest BCUT2D eigenvalue weighted by Crippen LogP contribution is -2.13. The largest absolute Gasteiger partial charge is 0.455 e. The van der Waals surface area contributed by atoms with Crippen LogP contribution in [0.3, 0.4) is 0 Å². The highest BCUT2D eigenvalue weighted by Crippen LogP contribution is 2.29. The molecule has 0 heterocycles. The number of halogens is 1. The van der Waals surface area contributed by atoms with Crippen molar-refractivity contribution in [2.24, 2.45) is 0 Å². The molecule has 0 aliphatic heterocycles. The molecule has 0 aliphatic carbocycles. The highest BCUT2D eigenvalue weighted by Gasteiger charge is 2.12. The van der Waals surface area contributed by atoms with E-state index >= 15 is 0 Å². The third kappa shape index (κ3) is 3.97. The van der Waals surface area contributed by atoms with Crippen molar-refractivity contribution in [1.29, 1.82) is 0 Å². The normalized spacial score (nSPS) is 11.0. The number of anilines is 1. The molecule has 0 aliphatic rings. The van der Waals surface area contributed by atoms with E-state index in [-0.39, 0.29) is 4.66 Å². The molecule has 6 heteroatoms. The second-order valence-electron chi connectivity index (χ2n) is 3.74. The molecular formula is C13H12BrNO3S. The minimum atomic E-state index is -3.40. The topological polar surface area (TPSA) is 55.4 Å². The molecule has 2 rings (SSSR count). The maximum atomic E-state index is 11.6. The van der Waals surface area contributed by atoms with Crippen molar-refractivity contribution < 1.29 is 13.2 Å². The van der Waals surface area contributed by atoms with Crippen LogP contribution >= 0.6 is 15.9 Å². The fourth-order valence-corrected chi connectivity index (χ4v) is 2.35. The monoisotopic (exact) mass is 341 g/mol. The molecule has 4 nitrogen and oxygen atoms in total. The van der Waals surface area contributed by atoms with Gasteiger partial charge in [-0.25, -0.2) is 8.42 Å². The number of benzene rings is 2. The molecule has 0 spiro atoms. The summed E-state index contributed by atoms with van der Waals surface area (Å²) in [5, 5.41) is 0. The minimum Gasteiger partial charge on any atom is -0.455 e. The Bertz CT molecular complexity index is 644. The SMILES string of the molecule is O=S(=O)(CBr)Nc1ccccc1Oc1ccccc1. The van der Waals surface area contributed by atoms with Crippen LogP contribution < -0.4 is 9.46 Å². The van der Waals surface area contributed by atoms with Crippen LogP contribution in [-0.2, 0) is 10.0 Å². The molecule has 0 saturated heterocycles. The van der Waals surface area contributed by atoms with Crippen LogP contribution in [0.25, 0.3) is 0 Å². The Balaban J connectivity index is 2.27. The van der Waals surface area contributed by atoms with E-state index in [9.17, 15) is 8.42 Å². The van der Waals surface area contributed by atoms with Gasteiger partial charge in [0.1, 0.15) is 10.4 Å². The second kappa shape index (κ2) is 6.08. The second-order valence-corrected chi connectivity index (χ2v) is 6.76. The highest BCUT2D eigenvalue weighted by molar-refractivity contribution is 9.10. The van der Waals surface area contributed by atoms with Crippen LogP contribution in [-0.4, -0.2) is 13.1 Å². The smallest absolute Gasteiger partial charge is 0.242 e. The Hall–Kier alpha value is -1.53. The molecule has 0 atom stereocenters. The molecule has 0 bridgehead atoms. The van der Waals surface area contributed by atoms with E-state index in [4.69, 9.17) is 4.74 Å². The first-order valence-corrected chi connectivity index (χ1v) is 8.26. The average molecular weight is 342 g/mol. The summed E-state index contributed by atoms with van der Waals surface area (Å²) in [7, 11) is -3.40. The minimum absolute atomic E-state index is 0.167. The van der Waals surface area contributed by atoms with Gasteiger partial charge in [0.2, 0.25) is 10.0 Å². The quantitative estimate of drug-likeness (QED) is 0.845. The number of alkyl halides is 1. The summed E-state index contributed by atoms with van der Waals surface area (Å²) < 4.78 is 31.1. The van der Waals surface area contributed by atoms with E-state index in [2.05, 4.69) is 20.7 Å². The summed E-state index contributed by atoms with van der Waals surface area (Å²) >= 11 is 2.93. The molecule has 0 saturated carbocycles. The Morgan fingerprint density at radius 2 is 1.63 bits per heavy atom.